The number of rotatable bonds is 9. The molecule has 184 valence electrons. The smallest absolute Gasteiger partial charge is 0.251 e. The van der Waals surface area contributed by atoms with E-state index >= 15 is 0 Å². The summed E-state index contributed by atoms with van der Waals surface area (Å²) in [4.78, 5) is 17.9. The average Bonchev–Trinajstić information content (AvgIpc) is 2.89. The van der Waals surface area contributed by atoms with Gasteiger partial charge in [-0.3, -0.25) is 9.69 Å². The predicted molar refractivity (Wildman–Crippen MR) is 137 cm³/mol. The topological polar surface area (TPSA) is 81.8 Å². The van der Waals surface area contributed by atoms with Crippen LogP contribution in [0.3, 0.4) is 0 Å². The maximum atomic E-state index is 13.2. The molecule has 3 aromatic carbocycles. The molecule has 1 atom stereocenters. The number of hydrogen-bond donors (Lipinski definition) is 2. The molecule has 0 spiro atoms. The second-order valence-corrected chi connectivity index (χ2v) is 10.6. The highest BCUT2D eigenvalue weighted by Gasteiger charge is 2.23. The Kier molecular flexibility index (Phi) is 8.30. The summed E-state index contributed by atoms with van der Waals surface area (Å²) in [6.07, 6.45) is 0. The molecule has 0 aliphatic carbocycles. The Labute approximate surface area is 207 Å². The van der Waals surface area contributed by atoms with Crippen LogP contribution in [-0.2, 0) is 16.6 Å². The van der Waals surface area contributed by atoms with Crippen molar-refractivity contribution in [2.24, 2.45) is 0 Å². The van der Waals surface area contributed by atoms with Gasteiger partial charge >= 0.3 is 0 Å². The van der Waals surface area contributed by atoms with Crippen molar-refractivity contribution in [3.63, 3.8) is 0 Å². The standard InChI is InChI=1S/C27H32N4O3S/c1-30-15-17-31(18-16-30)21-26(23-11-6-3-7-12-23)29-27(32)24-13-8-14-25(19-24)35(33,34)28-20-22-9-4-2-5-10-22/h2-14,19,26,28H,15-18,20-21H2,1H3,(H,29,32). The Balaban J connectivity index is 1.47. The largest absolute Gasteiger partial charge is 0.344 e. The molecule has 1 fully saturated rings. The molecule has 1 heterocycles. The zero-order valence-corrected chi connectivity index (χ0v) is 20.7. The van der Waals surface area contributed by atoms with Gasteiger partial charge in [0, 0.05) is 44.8 Å². The third kappa shape index (κ3) is 6.99. The highest BCUT2D eigenvalue weighted by atomic mass is 32.2. The van der Waals surface area contributed by atoms with Crippen molar-refractivity contribution in [2.45, 2.75) is 17.5 Å². The van der Waals surface area contributed by atoms with Crippen molar-refractivity contribution in [3.8, 4) is 0 Å². The van der Waals surface area contributed by atoms with E-state index in [1.165, 1.54) is 12.1 Å². The number of piperazine rings is 1. The maximum Gasteiger partial charge on any atom is 0.251 e. The van der Waals surface area contributed by atoms with Crippen LogP contribution in [0, 0.1) is 0 Å². The number of hydrogen-bond acceptors (Lipinski definition) is 5. The number of nitrogens with one attached hydrogen (secondary N) is 2. The van der Waals surface area contributed by atoms with Crippen molar-refractivity contribution in [3.05, 3.63) is 102 Å². The molecule has 35 heavy (non-hydrogen) atoms. The molecule has 8 heteroatoms. The lowest BCUT2D eigenvalue weighted by Gasteiger charge is -2.35. The zero-order valence-electron chi connectivity index (χ0n) is 19.9. The van der Waals surface area contributed by atoms with E-state index in [0.29, 0.717) is 12.1 Å². The van der Waals surface area contributed by atoms with Crippen LogP contribution >= 0.6 is 0 Å². The first-order valence-corrected chi connectivity index (χ1v) is 13.3. The minimum Gasteiger partial charge on any atom is -0.344 e. The minimum atomic E-state index is -3.77. The highest BCUT2D eigenvalue weighted by molar-refractivity contribution is 7.89. The lowest BCUT2D eigenvalue weighted by molar-refractivity contribution is 0.0907. The van der Waals surface area contributed by atoms with Crippen molar-refractivity contribution < 1.29 is 13.2 Å². The molecule has 0 saturated carbocycles. The van der Waals surface area contributed by atoms with Crippen LogP contribution in [0.1, 0.15) is 27.5 Å². The van der Waals surface area contributed by atoms with Crippen LogP contribution in [0.5, 0.6) is 0 Å². The van der Waals surface area contributed by atoms with Crippen LogP contribution in [0.4, 0.5) is 0 Å². The van der Waals surface area contributed by atoms with Gasteiger partial charge < -0.3 is 10.2 Å². The van der Waals surface area contributed by atoms with Crippen LogP contribution in [0.25, 0.3) is 0 Å². The Morgan fingerprint density at radius 3 is 2.23 bits per heavy atom. The molecule has 0 aromatic heterocycles. The lowest BCUT2D eigenvalue weighted by Crippen LogP contribution is -2.47. The highest BCUT2D eigenvalue weighted by Crippen LogP contribution is 2.18. The fraction of sp³-hybridized carbons (Fsp3) is 0.296. The van der Waals surface area contributed by atoms with E-state index in [4.69, 9.17) is 0 Å². The van der Waals surface area contributed by atoms with E-state index in [1.807, 2.05) is 60.7 Å². The van der Waals surface area contributed by atoms with E-state index < -0.39 is 10.0 Å². The van der Waals surface area contributed by atoms with E-state index in [-0.39, 0.29) is 23.4 Å². The summed E-state index contributed by atoms with van der Waals surface area (Å²) < 4.78 is 28.3. The van der Waals surface area contributed by atoms with Gasteiger partial charge in [-0.15, -0.1) is 0 Å². The first-order valence-electron chi connectivity index (χ1n) is 11.8. The van der Waals surface area contributed by atoms with Gasteiger partial charge in [0.05, 0.1) is 10.9 Å². The summed E-state index contributed by atoms with van der Waals surface area (Å²) in [5, 5.41) is 3.14. The number of likely N-dealkylation sites (N-methyl/N-ethyl adjacent to an activating group) is 1. The summed E-state index contributed by atoms with van der Waals surface area (Å²) >= 11 is 0. The molecule has 2 N–H and O–H groups in total. The maximum absolute atomic E-state index is 13.2. The Hall–Kier alpha value is -3.04. The van der Waals surface area contributed by atoms with Crippen LogP contribution < -0.4 is 10.0 Å². The second kappa shape index (κ2) is 11.6. The molecule has 7 nitrogen and oxygen atoms in total. The van der Waals surface area contributed by atoms with E-state index in [1.54, 1.807) is 12.1 Å². The minimum absolute atomic E-state index is 0.0661. The first kappa shape index (κ1) is 25.1. The second-order valence-electron chi connectivity index (χ2n) is 8.88. The van der Waals surface area contributed by atoms with Gasteiger partial charge in [-0.25, -0.2) is 13.1 Å². The molecular weight excluding hydrogens is 460 g/mol. The van der Waals surface area contributed by atoms with E-state index in [2.05, 4.69) is 26.9 Å². The summed E-state index contributed by atoms with van der Waals surface area (Å²) in [6, 6.07) is 25.2. The number of amides is 1. The third-order valence-corrected chi connectivity index (χ3v) is 7.66. The van der Waals surface area contributed by atoms with Gasteiger partial charge in [0.1, 0.15) is 0 Å². The third-order valence-electron chi connectivity index (χ3n) is 6.26. The fourth-order valence-corrected chi connectivity index (χ4v) is 5.18. The van der Waals surface area contributed by atoms with Crippen LogP contribution in [0.15, 0.2) is 89.8 Å². The Bertz CT molecular complexity index is 1210. The summed E-state index contributed by atoms with van der Waals surface area (Å²) in [6.45, 7) is 4.74. The Morgan fingerprint density at radius 1 is 0.886 bits per heavy atom. The number of sulfonamides is 1. The van der Waals surface area contributed by atoms with Gasteiger partial charge in [0.25, 0.3) is 5.91 Å². The SMILES string of the molecule is CN1CCN(CC(NC(=O)c2cccc(S(=O)(=O)NCc3ccccc3)c2)c2ccccc2)CC1. The number of nitrogens with zero attached hydrogens (tertiary/aromatic N) is 2. The average molecular weight is 493 g/mol. The van der Waals surface area contributed by atoms with Gasteiger partial charge in [-0.2, -0.15) is 0 Å². The number of carbonyl (C=O) groups excluding carboxylic acids is 1. The van der Waals surface area contributed by atoms with Gasteiger partial charge in [-0.05, 0) is 36.4 Å². The lowest BCUT2D eigenvalue weighted by atomic mass is 10.0. The molecule has 1 aliphatic heterocycles. The molecule has 1 saturated heterocycles. The zero-order chi connectivity index (χ0) is 24.7. The normalized spacial score (nSPS) is 16.0. The van der Waals surface area contributed by atoms with Crippen LogP contribution in [0.2, 0.25) is 0 Å². The molecule has 0 radical (unpaired) electrons. The van der Waals surface area contributed by atoms with Crippen molar-refractivity contribution in [2.75, 3.05) is 39.8 Å². The van der Waals surface area contributed by atoms with Crippen LogP contribution in [-0.4, -0.2) is 63.9 Å². The first-order chi connectivity index (χ1) is 16.9. The van der Waals surface area contributed by atoms with Gasteiger partial charge in [-0.1, -0.05) is 66.7 Å². The number of carbonyl (C=O) groups is 1. The fourth-order valence-electron chi connectivity index (χ4n) is 4.11. The number of benzene rings is 3. The van der Waals surface area contributed by atoms with Crippen molar-refractivity contribution in [1.29, 1.82) is 0 Å². The van der Waals surface area contributed by atoms with Crippen molar-refractivity contribution >= 4 is 15.9 Å². The van der Waals surface area contributed by atoms with E-state index in [0.717, 1.165) is 37.3 Å². The molecule has 1 amide bonds. The summed E-state index contributed by atoms with van der Waals surface area (Å²) in [5.41, 5.74) is 2.19. The van der Waals surface area contributed by atoms with Crippen molar-refractivity contribution in [1.82, 2.24) is 19.8 Å². The molecule has 3 aromatic rings. The molecule has 1 aliphatic rings. The van der Waals surface area contributed by atoms with E-state index in [9.17, 15) is 13.2 Å². The van der Waals surface area contributed by atoms with Gasteiger partial charge in [0.15, 0.2) is 0 Å². The summed E-state index contributed by atoms with van der Waals surface area (Å²) in [5.74, 6) is -0.298. The summed E-state index contributed by atoms with van der Waals surface area (Å²) in [7, 11) is -1.65. The molecule has 4 rings (SSSR count). The predicted octanol–water partition coefficient (Wildman–Crippen LogP) is 2.88. The Morgan fingerprint density at radius 2 is 1.54 bits per heavy atom. The monoisotopic (exact) mass is 492 g/mol. The molecular formula is C27H32N4O3S. The van der Waals surface area contributed by atoms with Gasteiger partial charge in [0.2, 0.25) is 10.0 Å². The molecule has 1 unspecified atom stereocenters. The molecule has 0 bridgehead atoms. The quantitative estimate of drug-likeness (QED) is 0.480.